The number of para-hydroxylation sites is 2. The fraction of sp³-hybridized carbons (Fsp3) is 0.0769. The van der Waals surface area contributed by atoms with E-state index in [-0.39, 0.29) is 5.41 Å². The second-order valence-electron chi connectivity index (χ2n) is 12.1. The summed E-state index contributed by atoms with van der Waals surface area (Å²) in [6.45, 7) is 4.68. The van der Waals surface area contributed by atoms with Gasteiger partial charge in [0.2, 0.25) is 0 Å². The Kier molecular flexibility index (Phi) is 4.01. The second-order valence-corrected chi connectivity index (χ2v) is 12.1. The topological polar surface area (TPSA) is 31.2 Å². The van der Waals surface area contributed by atoms with Gasteiger partial charge in [-0.25, -0.2) is 0 Å². The van der Waals surface area contributed by atoms with Crippen molar-refractivity contribution in [2.75, 3.05) is 0 Å². The second kappa shape index (κ2) is 7.51. The molecule has 0 atom stereocenters. The maximum Gasteiger partial charge on any atom is 0.160 e. The van der Waals surface area contributed by atoms with E-state index in [9.17, 15) is 0 Å². The van der Waals surface area contributed by atoms with Crippen molar-refractivity contribution in [3.63, 3.8) is 0 Å². The van der Waals surface area contributed by atoms with Crippen LogP contribution in [0.5, 0.6) is 0 Å². The summed E-state index contributed by atoms with van der Waals surface area (Å²) >= 11 is 0. The molecule has 42 heavy (non-hydrogen) atoms. The van der Waals surface area contributed by atoms with E-state index < -0.39 is 0 Å². The van der Waals surface area contributed by atoms with Gasteiger partial charge in [0.05, 0.1) is 16.7 Å². The summed E-state index contributed by atoms with van der Waals surface area (Å²) < 4.78 is 15.5. The normalized spacial score (nSPS) is 14.1. The van der Waals surface area contributed by atoms with Crippen molar-refractivity contribution in [1.82, 2.24) is 4.57 Å². The summed E-state index contributed by atoms with van der Waals surface area (Å²) in [7, 11) is 0. The van der Waals surface area contributed by atoms with E-state index in [0.29, 0.717) is 0 Å². The minimum absolute atomic E-state index is 0.0984. The van der Waals surface area contributed by atoms with Gasteiger partial charge in [-0.1, -0.05) is 92.7 Å². The maximum atomic E-state index is 6.68. The third kappa shape index (κ3) is 2.62. The summed E-state index contributed by atoms with van der Waals surface area (Å²) in [4.78, 5) is 0. The minimum Gasteiger partial charge on any atom is -0.456 e. The zero-order valence-corrected chi connectivity index (χ0v) is 23.2. The van der Waals surface area contributed by atoms with Gasteiger partial charge >= 0.3 is 0 Å². The molecule has 6 aromatic carbocycles. The van der Waals surface area contributed by atoms with Gasteiger partial charge in [-0.15, -0.1) is 0 Å². The Morgan fingerprint density at radius 2 is 1.12 bits per heavy atom. The van der Waals surface area contributed by atoms with Crippen molar-refractivity contribution >= 4 is 65.7 Å². The van der Waals surface area contributed by atoms with E-state index in [0.717, 1.165) is 55.1 Å². The average molecular weight is 540 g/mol. The average Bonchev–Trinajstić information content (AvgIpc) is 3.74. The quantitative estimate of drug-likeness (QED) is 0.208. The molecule has 1 aliphatic rings. The maximum absolute atomic E-state index is 6.68. The molecular weight excluding hydrogens is 514 g/mol. The van der Waals surface area contributed by atoms with E-state index in [1.165, 1.54) is 38.5 Å². The van der Waals surface area contributed by atoms with Gasteiger partial charge in [-0.2, -0.15) is 0 Å². The highest BCUT2D eigenvalue weighted by molar-refractivity contribution is 6.24. The van der Waals surface area contributed by atoms with Gasteiger partial charge < -0.3 is 13.4 Å². The Morgan fingerprint density at radius 3 is 1.98 bits per heavy atom. The zero-order valence-electron chi connectivity index (χ0n) is 23.2. The summed E-state index contributed by atoms with van der Waals surface area (Å²) in [6.07, 6.45) is 0. The molecule has 3 aromatic heterocycles. The zero-order chi connectivity index (χ0) is 27.7. The third-order valence-corrected chi connectivity index (χ3v) is 9.60. The van der Waals surface area contributed by atoms with Crippen molar-refractivity contribution in [3.8, 4) is 16.8 Å². The standard InChI is InChI=1S/C39H25NO2/c1-39(2)30-12-6-3-11-29(30)35-31(39)20-19-26-27-17-18-28-24-10-5-8-14-33(24)42-38(28)37(27)40(36(26)35)22-15-16-25-23-9-4-7-13-32(23)41-34(25)21-22/h3-21H,1-2H3. The number of benzene rings is 6. The Labute approximate surface area is 241 Å². The summed E-state index contributed by atoms with van der Waals surface area (Å²) in [6, 6.07) is 41.3. The highest BCUT2D eigenvalue weighted by Gasteiger charge is 2.37. The molecule has 0 saturated carbocycles. The molecule has 3 nitrogen and oxygen atoms in total. The largest absolute Gasteiger partial charge is 0.456 e. The molecule has 0 spiro atoms. The van der Waals surface area contributed by atoms with Crippen LogP contribution in [0.1, 0.15) is 25.0 Å². The van der Waals surface area contributed by atoms with Gasteiger partial charge in [0.25, 0.3) is 0 Å². The van der Waals surface area contributed by atoms with Crippen LogP contribution in [0, 0.1) is 0 Å². The van der Waals surface area contributed by atoms with Crippen LogP contribution in [0.3, 0.4) is 0 Å². The van der Waals surface area contributed by atoms with Crippen LogP contribution in [-0.2, 0) is 5.41 Å². The molecule has 0 radical (unpaired) electrons. The number of rotatable bonds is 1. The lowest BCUT2D eigenvalue weighted by molar-refractivity contribution is 0.660. The van der Waals surface area contributed by atoms with Crippen LogP contribution < -0.4 is 0 Å². The number of nitrogens with zero attached hydrogens (tertiary/aromatic N) is 1. The Bertz CT molecular complexity index is 2610. The molecular formula is C39H25NO2. The van der Waals surface area contributed by atoms with Crippen LogP contribution in [0.15, 0.2) is 124 Å². The number of furan rings is 2. The van der Waals surface area contributed by atoms with E-state index in [1.807, 2.05) is 18.2 Å². The lowest BCUT2D eigenvalue weighted by atomic mass is 9.82. The number of aromatic nitrogens is 1. The lowest BCUT2D eigenvalue weighted by Crippen LogP contribution is -2.14. The molecule has 3 heteroatoms. The van der Waals surface area contributed by atoms with Gasteiger partial charge in [-0.3, -0.25) is 0 Å². The molecule has 3 heterocycles. The predicted octanol–water partition coefficient (Wildman–Crippen LogP) is 10.9. The molecule has 198 valence electrons. The van der Waals surface area contributed by atoms with Gasteiger partial charge in [0.1, 0.15) is 16.7 Å². The first kappa shape index (κ1) is 22.4. The minimum atomic E-state index is -0.0984. The monoisotopic (exact) mass is 539 g/mol. The van der Waals surface area contributed by atoms with Crippen molar-refractivity contribution in [1.29, 1.82) is 0 Å². The molecule has 0 saturated heterocycles. The van der Waals surface area contributed by atoms with Crippen LogP contribution in [-0.4, -0.2) is 4.57 Å². The van der Waals surface area contributed by atoms with E-state index in [2.05, 4.69) is 115 Å². The Morgan fingerprint density at radius 1 is 0.500 bits per heavy atom. The van der Waals surface area contributed by atoms with Crippen molar-refractivity contribution < 1.29 is 8.83 Å². The molecule has 9 aromatic rings. The fourth-order valence-electron chi connectivity index (χ4n) is 7.66. The smallest absolute Gasteiger partial charge is 0.160 e. The SMILES string of the molecule is CC1(C)c2ccccc2-c2c1ccc1c3ccc4c5ccccc5oc4c3n(-c3ccc4c(c3)oc3ccccc34)c21. The van der Waals surface area contributed by atoms with Crippen molar-refractivity contribution in [2.24, 2.45) is 0 Å². The van der Waals surface area contributed by atoms with Gasteiger partial charge in [0, 0.05) is 49.4 Å². The molecule has 0 N–H and O–H groups in total. The van der Waals surface area contributed by atoms with Gasteiger partial charge in [0.15, 0.2) is 5.58 Å². The first-order valence-electron chi connectivity index (χ1n) is 14.5. The summed E-state index contributed by atoms with van der Waals surface area (Å²) in [5.74, 6) is 0. The summed E-state index contributed by atoms with van der Waals surface area (Å²) in [5, 5.41) is 6.94. The molecule has 0 amide bonds. The fourth-order valence-corrected chi connectivity index (χ4v) is 7.66. The van der Waals surface area contributed by atoms with E-state index in [1.54, 1.807) is 0 Å². The molecule has 0 aliphatic heterocycles. The highest BCUT2D eigenvalue weighted by Crippen LogP contribution is 2.53. The van der Waals surface area contributed by atoms with Crippen molar-refractivity contribution in [2.45, 2.75) is 19.3 Å². The Hall–Kier alpha value is -5.28. The van der Waals surface area contributed by atoms with Crippen LogP contribution in [0.2, 0.25) is 0 Å². The molecule has 0 fully saturated rings. The number of hydrogen-bond donors (Lipinski definition) is 0. The van der Waals surface area contributed by atoms with E-state index in [4.69, 9.17) is 8.83 Å². The molecule has 1 aliphatic carbocycles. The number of hydrogen-bond acceptors (Lipinski definition) is 2. The highest BCUT2D eigenvalue weighted by atomic mass is 16.3. The first-order chi connectivity index (χ1) is 20.6. The molecule has 0 bridgehead atoms. The van der Waals surface area contributed by atoms with Crippen LogP contribution in [0.4, 0.5) is 0 Å². The Balaban J connectivity index is 1.44. The number of fused-ring (bicyclic) bond motifs is 14. The lowest BCUT2D eigenvalue weighted by Gasteiger charge is -2.21. The molecule has 10 rings (SSSR count). The predicted molar refractivity (Wildman–Crippen MR) is 173 cm³/mol. The third-order valence-electron chi connectivity index (χ3n) is 9.60. The van der Waals surface area contributed by atoms with E-state index >= 15 is 0 Å². The van der Waals surface area contributed by atoms with Gasteiger partial charge in [-0.05, 0) is 47.0 Å². The van der Waals surface area contributed by atoms with Crippen molar-refractivity contribution in [3.05, 3.63) is 126 Å². The molecule has 0 unspecified atom stereocenters. The van der Waals surface area contributed by atoms with Crippen LogP contribution in [0.25, 0.3) is 82.5 Å². The summed E-state index contributed by atoms with van der Waals surface area (Å²) in [5.41, 5.74) is 12.2. The van der Waals surface area contributed by atoms with Crippen LogP contribution >= 0.6 is 0 Å². The first-order valence-corrected chi connectivity index (χ1v) is 14.5.